The molecule has 0 amide bonds. The van der Waals surface area contributed by atoms with Crippen LogP contribution in [0.15, 0.2) is 12.1 Å². The molecule has 0 aromatic heterocycles. The van der Waals surface area contributed by atoms with Crippen LogP contribution in [0.5, 0.6) is 0 Å². The molecule has 3 heteroatoms. The number of aliphatic hydroxyl groups excluding tert-OH is 1. The fourth-order valence-electron chi connectivity index (χ4n) is 2.54. The zero-order valence-corrected chi connectivity index (χ0v) is 11.2. The first-order chi connectivity index (χ1) is 8.09. The molecule has 1 aromatic carbocycles. The van der Waals surface area contributed by atoms with Gasteiger partial charge < -0.3 is 10.4 Å². The standard InChI is InChI=1S/C14H20ClNO/c1-9-8-13(15)10(2)7-12(9)14(17)11-3-5-16-6-4-11/h7-8,11,14,16-17H,3-6H2,1-2H3. The third-order valence-corrected chi connectivity index (χ3v) is 4.10. The summed E-state index contributed by atoms with van der Waals surface area (Å²) in [5.74, 6) is 0.371. The van der Waals surface area contributed by atoms with Gasteiger partial charge in [0.25, 0.3) is 0 Å². The second-order valence-corrected chi connectivity index (χ2v) is 5.40. The topological polar surface area (TPSA) is 32.3 Å². The van der Waals surface area contributed by atoms with Crippen LogP contribution in [-0.4, -0.2) is 18.2 Å². The van der Waals surface area contributed by atoms with Gasteiger partial charge in [0.05, 0.1) is 6.10 Å². The minimum atomic E-state index is -0.354. The smallest absolute Gasteiger partial charge is 0.0821 e. The van der Waals surface area contributed by atoms with E-state index in [1.165, 1.54) is 0 Å². The molecule has 1 atom stereocenters. The number of rotatable bonds is 2. The van der Waals surface area contributed by atoms with E-state index < -0.39 is 0 Å². The lowest BCUT2D eigenvalue weighted by Crippen LogP contribution is -2.31. The Kier molecular flexibility index (Phi) is 4.08. The van der Waals surface area contributed by atoms with Crippen LogP contribution in [-0.2, 0) is 0 Å². The first kappa shape index (κ1) is 12.9. The summed E-state index contributed by atoms with van der Waals surface area (Å²) in [6.07, 6.45) is 1.73. The van der Waals surface area contributed by atoms with Gasteiger partial charge in [0.15, 0.2) is 0 Å². The molecule has 1 fully saturated rings. The minimum absolute atomic E-state index is 0.354. The van der Waals surface area contributed by atoms with Crippen LogP contribution in [0.25, 0.3) is 0 Å². The van der Waals surface area contributed by atoms with Crippen molar-refractivity contribution in [3.63, 3.8) is 0 Å². The van der Waals surface area contributed by atoms with E-state index in [0.717, 1.165) is 47.6 Å². The molecule has 1 unspecified atom stereocenters. The molecule has 2 N–H and O–H groups in total. The number of hydrogen-bond acceptors (Lipinski definition) is 2. The van der Waals surface area contributed by atoms with Crippen LogP contribution >= 0.6 is 11.6 Å². The van der Waals surface area contributed by atoms with Crippen molar-refractivity contribution in [2.45, 2.75) is 32.8 Å². The highest BCUT2D eigenvalue weighted by Gasteiger charge is 2.24. The average molecular weight is 254 g/mol. The van der Waals surface area contributed by atoms with E-state index in [-0.39, 0.29) is 6.10 Å². The maximum Gasteiger partial charge on any atom is 0.0821 e. The Bertz CT molecular complexity index is 399. The van der Waals surface area contributed by atoms with Crippen LogP contribution in [0.3, 0.4) is 0 Å². The fourth-order valence-corrected chi connectivity index (χ4v) is 2.75. The Labute approximate surface area is 108 Å². The molecule has 1 saturated heterocycles. The highest BCUT2D eigenvalue weighted by atomic mass is 35.5. The summed E-state index contributed by atoms with van der Waals surface area (Å²) in [7, 11) is 0. The van der Waals surface area contributed by atoms with Crippen molar-refractivity contribution in [1.29, 1.82) is 0 Å². The highest BCUT2D eigenvalue weighted by molar-refractivity contribution is 6.31. The molecule has 0 saturated carbocycles. The Morgan fingerprint density at radius 3 is 2.53 bits per heavy atom. The minimum Gasteiger partial charge on any atom is -0.388 e. The molecule has 1 heterocycles. The summed E-state index contributed by atoms with van der Waals surface area (Å²) in [5.41, 5.74) is 3.17. The molecule has 0 spiro atoms. The van der Waals surface area contributed by atoms with Crippen LogP contribution in [0, 0.1) is 19.8 Å². The Balaban J connectivity index is 2.23. The number of benzene rings is 1. The van der Waals surface area contributed by atoms with Crippen molar-refractivity contribution in [3.05, 3.63) is 33.8 Å². The Hall–Kier alpha value is -0.570. The predicted molar refractivity (Wildman–Crippen MR) is 71.5 cm³/mol. The lowest BCUT2D eigenvalue weighted by atomic mass is 9.86. The number of aliphatic hydroxyl groups is 1. The summed E-state index contributed by atoms with van der Waals surface area (Å²) < 4.78 is 0. The monoisotopic (exact) mass is 253 g/mol. The maximum atomic E-state index is 10.5. The van der Waals surface area contributed by atoms with Gasteiger partial charge in [-0.25, -0.2) is 0 Å². The largest absolute Gasteiger partial charge is 0.388 e. The average Bonchev–Trinajstić information content (AvgIpc) is 2.34. The third kappa shape index (κ3) is 2.82. The molecule has 1 aromatic rings. The van der Waals surface area contributed by atoms with E-state index in [2.05, 4.69) is 5.32 Å². The van der Waals surface area contributed by atoms with Crippen molar-refractivity contribution in [1.82, 2.24) is 5.32 Å². The van der Waals surface area contributed by atoms with Gasteiger partial charge in [-0.15, -0.1) is 0 Å². The van der Waals surface area contributed by atoms with Gasteiger partial charge in [-0.2, -0.15) is 0 Å². The van der Waals surface area contributed by atoms with Crippen LogP contribution in [0.2, 0.25) is 5.02 Å². The molecule has 1 aliphatic heterocycles. The number of piperidine rings is 1. The summed E-state index contributed by atoms with van der Waals surface area (Å²) in [5, 5.41) is 14.6. The first-order valence-corrected chi connectivity index (χ1v) is 6.63. The molecule has 0 bridgehead atoms. The second-order valence-electron chi connectivity index (χ2n) is 4.99. The van der Waals surface area contributed by atoms with Crippen molar-refractivity contribution >= 4 is 11.6 Å². The van der Waals surface area contributed by atoms with Crippen LogP contribution < -0.4 is 5.32 Å². The molecule has 0 radical (unpaired) electrons. The molecule has 2 rings (SSSR count). The third-order valence-electron chi connectivity index (χ3n) is 3.70. The zero-order valence-electron chi connectivity index (χ0n) is 10.5. The van der Waals surface area contributed by atoms with Crippen molar-refractivity contribution in [2.75, 3.05) is 13.1 Å². The van der Waals surface area contributed by atoms with Gasteiger partial charge in [0, 0.05) is 5.02 Å². The zero-order chi connectivity index (χ0) is 12.4. The molecule has 0 aliphatic carbocycles. The van der Waals surface area contributed by atoms with E-state index in [4.69, 9.17) is 11.6 Å². The lowest BCUT2D eigenvalue weighted by Gasteiger charge is -2.28. The second kappa shape index (κ2) is 5.38. The normalized spacial score (nSPS) is 19.3. The summed E-state index contributed by atoms with van der Waals surface area (Å²) >= 11 is 6.08. The molecule has 94 valence electrons. The van der Waals surface area contributed by atoms with E-state index in [0.29, 0.717) is 5.92 Å². The molecular weight excluding hydrogens is 234 g/mol. The van der Waals surface area contributed by atoms with Gasteiger partial charge in [0.2, 0.25) is 0 Å². The summed E-state index contributed by atoms with van der Waals surface area (Å²) in [4.78, 5) is 0. The number of nitrogens with one attached hydrogen (secondary N) is 1. The predicted octanol–water partition coefficient (Wildman–Crippen LogP) is 2.99. The highest BCUT2D eigenvalue weighted by Crippen LogP contribution is 2.32. The van der Waals surface area contributed by atoms with E-state index in [1.807, 2.05) is 26.0 Å². The van der Waals surface area contributed by atoms with Gasteiger partial charge in [0.1, 0.15) is 0 Å². The molecule has 1 aliphatic rings. The summed E-state index contributed by atoms with van der Waals surface area (Å²) in [6, 6.07) is 3.99. The van der Waals surface area contributed by atoms with Crippen LogP contribution in [0.4, 0.5) is 0 Å². The van der Waals surface area contributed by atoms with Gasteiger partial charge >= 0.3 is 0 Å². The van der Waals surface area contributed by atoms with Crippen LogP contribution in [0.1, 0.15) is 35.6 Å². The Morgan fingerprint density at radius 1 is 1.24 bits per heavy atom. The van der Waals surface area contributed by atoms with Gasteiger partial charge in [-0.1, -0.05) is 17.7 Å². The molecular formula is C14H20ClNO. The quantitative estimate of drug-likeness (QED) is 0.849. The van der Waals surface area contributed by atoms with E-state index >= 15 is 0 Å². The lowest BCUT2D eigenvalue weighted by molar-refractivity contribution is 0.0883. The number of hydrogen-bond donors (Lipinski definition) is 2. The SMILES string of the molecule is Cc1cc(C(O)C2CCNCC2)c(C)cc1Cl. The Morgan fingerprint density at radius 2 is 1.88 bits per heavy atom. The first-order valence-electron chi connectivity index (χ1n) is 6.25. The van der Waals surface area contributed by atoms with Gasteiger partial charge in [-0.05, 0) is 68.5 Å². The number of aryl methyl sites for hydroxylation is 2. The van der Waals surface area contributed by atoms with Crippen molar-refractivity contribution in [3.8, 4) is 0 Å². The maximum absolute atomic E-state index is 10.5. The molecule has 2 nitrogen and oxygen atoms in total. The van der Waals surface area contributed by atoms with Gasteiger partial charge in [-0.3, -0.25) is 0 Å². The van der Waals surface area contributed by atoms with Crippen molar-refractivity contribution < 1.29 is 5.11 Å². The molecule has 17 heavy (non-hydrogen) atoms. The number of halogens is 1. The van der Waals surface area contributed by atoms with E-state index in [9.17, 15) is 5.11 Å². The summed E-state index contributed by atoms with van der Waals surface area (Å²) in [6.45, 7) is 6.02. The van der Waals surface area contributed by atoms with Crippen molar-refractivity contribution in [2.24, 2.45) is 5.92 Å². The fraction of sp³-hybridized carbons (Fsp3) is 0.571. The van der Waals surface area contributed by atoms with E-state index in [1.54, 1.807) is 0 Å².